The maximum atomic E-state index is 11.0. The first-order chi connectivity index (χ1) is 8.70. The lowest BCUT2D eigenvalue weighted by Crippen LogP contribution is -2.35. The molecule has 0 aromatic heterocycles. The van der Waals surface area contributed by atoms with Crippen molar-refractivity contribution in [3.63, 3.8) is 0 Å². The molecule has 18 heavy (non-hydrogen) atoms. The Kier molecular flexibility index (Phi) is 3.92. The molecule has 2 rings (SSSR count). The highest BCUT2D eigenvalue weighted by Crippen LogP contribution is 2.29. The smallest absolute Gasteiger partial charge is 0.314 e. The number of benzene rings is 1. The average molecular weight is 250 g/mol. The Morgan fingerprint density at radius 1 is 1.44 bits per heavy atom. The molecule has 2 amide bonds. The fourth-order valence-corrected chi connectivity index (χ4v) is 2.03. The van der Waals surface area contributed by atoms with Gasteiger partial charge in [0.15, 0.2) is 11.5 Å². The second-order valence-electron chi connectivity index (χ2n) is 4.19. The molecule has 5 heteroatoms. The van der Waals surface area contributed by atoms with E-state index in [0.717, 1.165) is 17.9 Å². The number of rotatable bonds is 4. The maximum absolute atomic E-state index is 11.0. The van der Waals surface area contributed by atoms with Gasteiger partial charge < -0.3 is 20.1 Å². The van der Waals surface area contributed by atoms with Gasteiger partial charge in [-0.3, -0.25) is 0 Å². The number of carbonyl (C=O) groups is 1. The average Bonchev–Trinajstić information content (AvgIpc) is 2.81. The lowest BCUT2D eigenvalue weighted by Gasteiger charge is -2.17. The van der Waals surface area contributed by atoms with Crippen LogP contribution in [0.15, 0.2) is 24.3 Å². The molecule has 1 aromatic carbocycles. The number of hydrogen-bond donors (Lipinski definition) is 1. The van der Waals surface area contributed by atoms with Crippen molar-refractivity contribution >= 4 is 6.03 Å². The highest BCUT2D eigenvalue weighted by molar-refractivity contribution is 5.72. The van der Waals surface area contributed by atoms with Gasteiger partial charge in [0, 0.05) is 13.0 Å². The van der Waals surface area contributed by atoms with Gasteiger partial charge >= 0.3 is 6.03 Å². The van der Waals surface area contributed by atoms with Gasteiger partial charge in [-0.1, -0.05) is 12.1 Å². The monoisotopic (exact) mass is 250 g/mol. The molecule has 98 valence electrons. The summed E-state index contributed by atoms with van der Waals surface area (Å²) in [5.74, 6) is 1.45. The Hall–Kier alpha value is -1.91. The predicted octanol–water partition coefficient (Wildman–Crippen LogP) is 1.62. The largest absolute Gasteiger partial charge is 0.490 e. The van der Waals surface area contributed by atoms with E-state index >= 15 is 0 Å². The highest BCUT2D eigenvalue weighted by Gasteiger charge is 2.26. The zero-order chi connectivity index (χ0) is 13.0. The summed E-state index contributed by atoms with van der Waals surface area (Å²) in [4.78, 5) is 12.6. The minimum absolute atomic E-state index is 0.0147. The van der Waals surface area contributed by atoms with Gasteiger partial charge in [0.25, 0.3) is 0 Å². The van der Waals surface area contributed by atoms with E-state index in [9.17, 15) is 4.79 Å². The molecule has 0 aliphatic carbocycles. The number of ether oxygens (including phenoxy) is 2. The van der Waals surface area contributed by atoms with Crippen LogP contribution in [0.1, 0.15) is 13.3 Å². The van der Waals surface area contributed by atoms with Gasteiger partial charge in [0.1, 0.15) is 6.10 Å². The molecular weight excluding hydrogens is 232 g/mol. The van der Waals surface area contributed by atoms with Gasteiger partial charge in [-0.2, -0.15) is 0 Å². The van der Waals surface area contributed by atoms with Crippen LogP contribution in [0.5, 0.6) is 11.5 Å². The lowest BCUT2D eigenvalue weighted by atomic mass is 10.3. The van der Waals surface area contributed by atoms with Crippen LogP contribution in [-0.4, -0.2) is 36.7 Å². The Morgan fingerprint density at radius 2 is 2.17 bits per heavy atom. The highest BCUT2D eigenvalue weighted by atomic mass is 16.5. The van der Waals surface area contributed by atoms with Crippen molar-refractivity contribution in [3.05, 3.63) is 24.3 Å². The van der Waals surface area contributed by atoms with E-state index in [-0.39, 0.29) is 12.1 Å². The minimum Gasteiger partial charge on any atom is -0.490 e. The summed E-state index contributed by atoms with van der Waals surface area (Å²) in [5, 5.41) is 0. The summed E-state index contributed by atoms with van der Waals surface area (Å²) < 4.78 is 11.4. The number of hydrogen-bond acceptors (Lipinski definition) is 3. The maximum Gasteiger partial charge on any atom is 0.314 e. The lowest BCUT2D eigenvalue weighted by molar-refractivity contribution is 0.186. The third kappa shape index (κ3) is 2.85. The first-order valence-electron chi connectivity index (χ1n) is 6.13. The summed E-state index contributed by atoms with van der Waals surface area (Å²) in [7, 11) is 0. The molecule has 0 bridgehead atoms. The van der Waals surface area contributed by atoms with Crippen LogP contribution in [-0.2, 0) is 0 Å². The van der Waals surface area contributed by atoms with E-state index in [2.05, 4.69) is 0 Å². The van der Waals surface area contributed by atoms with E-state index in [0.29, 0.717) is 19.7 Å². The molecule has 2 N–H and O–H groups in total. The van der Waals surface area contributed by atoms with Crippen LogP contribution in [0.3, 0.4) is 0 Å². The number of likely N-dealkylation sites (tertiary alicyclic amines) is 1. The van der Waals surface area contributed by atoms with Crippen molar-refractivity contribution in [1.82, 2.24) is 4.90 Å². The molecule has 1 aliphatic rings. The molecule has 1 atom stereocenters. The van der Waals surface area contributed by atoms with E-state index in [1.807, 2.05) is 31.2 Å². The Balaban J connectivity index is 2.00. The standard InChI is InChI=1S/C13H18N2O3/c1-2-17-11-5-3-4-6-12(11)18-10-7-8-15(9-10)13(14)16/h3-6,10H,2,7-9H2,1H3,(H2,14,16)/t10-/m0/s1. The molecule has 0 unspecified atom stereocenters. The number of nitrogens with two attached hydrogens (primary N) is 1. The zero-order valence-corrected chi connectivity index (χ0v) is 10.5. The normalized spacial score (nSPS) is 18.7. The molecule has 1 aliphatic heterocycles. The van der Waals surface area contributed by atoms with E-state index < -0.39 is 0 Å². The Labute approximate surface area is 106 Å². The molecule has 0 saturated carbocycles. The third-order valence-corrected chi connectivity index (χ3v) is 2.90. The van der Waals surface area contributed by atoms with E-state index in [1.165, 1.54) is 0 Å². The van der Waals surface area contributed by atoms with Crippen molar-refractivity contribution in [1.29, 1.82) is 0 Å². The van der Waals surface area contributed by atoms with Crippen LogP contribution in [0.25, 0.3) is 0 Å². The van der Waals surface area contributed by atoms with Gasteiger partial charge in [0.2, 0.25) is 0 Å². The van der Waals surface area contributed by atoms with Gasteiger partial charge in [-0.15, -0.1) is 0 Å². The number of urea groups is 1. The number of amides is 2. The Morgan fingerprint density at radius 3 is 2.78 bits per heavy atom. The van der Waals surface area contributed by atoms with Gasteiger partial charge in [0.05, 0.1) is 13.2 Å². The molecule has 1 aromatic rings. The van der Waals surface area contributed by atoms with Gasteiger partial charge in [-0.25, -0.2) is 4.79 Å². The summed E-state index contributed by atoms with van der Waals surface area (Å²) in [6.45, 7) is 3.71. The molecule has 1 heterocycles. The second kappa shape index (κ2) is 5.62. The van der Waals surface area contributed by atoms with Gasteiger partial charge in [-0.05, 0) is 19.1 Å². The fourth-order valence-electron chi connectivity index (χ4n) is 2.03. The summed E-state index contributed by atoms with van der Waals surface area (Å²) in [6, 6.07) is 7.16. The number of para-hydroxylation sites is 2. The number of nitrogens with zero attached hydrogens (tertiary/aromatic N) is 1. The molecule has 1 saturated heterocycles. The topological polar surface area (TPSA) is 64.8 Å². The molecule has 0 spiro atoms. The quantitative estimate of drug-likeness (QED) is 0.883. The first-order valence-corrected chi connectivity index (χ1v) is 6.13. The summed E-state index contributed by atoms with van der Waals surface area (Å²) in [6.07, 6.45) is 0.780. The van der Waals surface area contributed by atoms with Crippen LogP contribution in [0.4, 0.5) is 4.79 Å². The van der Waals surface area contributed by atoms with Crippen molar-refractivity contribution in [2.75, 3.05) is 19.7 Å². The third-order valence-electron chi connectivity index (χ3n) is 2.90. The fraction of sp³-hybridized carbons (Fsp3) is 0.462. The second-order valence-corrected chi connectivity index (χ2v) is 4.19. The van der Waals surface area contributed by atoms with Crippen LogP contribution < -0.4 is 15.2 Å². The SMILES string of the molecule is CCOc1ccccc1O[C@H]1CCN(C(N)=O)C1. The van der Waals surface area contributed by atoms with Crippen molar-refractivity contribution < 1.29 is 14.3 Å². The number of carbonyl (C=O) groups excluding carboxylic acids is 1. The summed E-state index contributed by atoms with van der Waals surface area (Å²) >= 11 is 0. The first kappa shape index (κ1) is 12.5. The van der Waals surface area contributed by atoms with Crippen molar-refractivity contribution in [2.45, 2.75) is 19.4 Å². The van der Waals surface area contributed by atoms with Crippen molar-refractivity contribution in [2.24, 2.45) is 5.73 Å². The van der Waals surface area contributed by atoms with Crippen LogP contribution in [0.2, 0.25) is 0 Å². The minimum atomic E-state index is -0.390. The van der Waals surface area contributed by atoms with E-state index in [1.54, 1.807) is 4.90 Å². The summed E-state index contributed by atoms with van der Waals surface area (Å²) in [5.41, 5.74) is 5.24. The van der Waals surface area contributed by atoms with Crippen molar-refractivity contribution in [3.8, 4) is 11.5 Å². The Bertz CT molecular complexity index is 422. The zero-order valence-electron chi connectivity index (χ0n) is 10.5. The molecular formula is C13H18N2O3. The molecule has 0 radical (unpaired) electrons. The van der Waals surface area contributed by atoms with E-state index in [4.69, 9.17) is 15.2 Å². The molecule has 1 fully saturated rings. The van der Waals surface area contributed by atoms with Crippen LogP contribution >= 0.6 is 0 Å². The number of primary amides is 1. The van der Waals surface area contributed by atoms with Crippen LogP contribution in [0, 0.1) is 0 Å². The predicted molar refractivity (Wildman–Crippen MR) is 67.8 cm³/mol. The molecule has 5 nitrogen and oxygen atoms in total.